The van der Waals surface area contributed by atoms with Crippen molar-refractivity contribution in [3.8, 4) is 0 Å². The molecular formula is C17H22N6S. The van der Waals surface area contributed by atoms with Crippen LogP contribution in [0.15, 0.2) is 18.6 Å². The first-order valence-corrected chi connectivity index (χ1v) is 9.83. The van der Waals surface area contributed by atoms with Crippen LogP contribution in [-0.2, 0) is 0 Å². The van der Waals surface area contributed by atoms with Gasteiger partial charge in [0, 0.05) is 37.3 Å². The first-order valence-electron chi connectivity index (χ1n) is 9.01. The maximum atomic E-state index is 4.50. The van der Waals surface area contributed by atoms with Gasteiger partial charge < -0.3 is 9.80 Å². The summed E-state index contributed by atoms with van der Waals surface area (Å²) in [5, 5.41) is 11.2. The Bertz CT molecular complexity index is 688. The van der Waals surface area contributed by atoms with Crippen molar-refractivity contribution < 1.29 is 0 Å². The summed E-state index contributed by atoms with van der Waals surface area (Å²) in [6.07, 6.45) is 11.0. The van der Waals surface area contributed by atoms with Gasteiger partial charge in [-0.3, -0.25) is 0 Å². The van der Waals surface area contributed by atoms with E-state index in [1.807, 2.05) is 6.20 Å². The molecule has 5 rings (SSSR count). The lowest BCUT2D eigenvalue weighted by atomic mass is 10.0. The molecular weight excluding hydrogens is 320 g/mol. The molecule has 0 atom stereocenters. The monoisotopic (exact) mass is 342 g/mol. The molecule has 126 valence electrons. The zero-order valence-electron chi connectivity index (χ0n) is 13.7. The largest absolute Gasteiger partial charge is 0.350 e. The molecule has 7 heteroatoms. The van der Waals surface area contributed by atoms with E-state index in [-0.39, 0.29) is 0 Å². The van der Waals surface area contributed by atoms with Gasteiger partial charge in [0.2, 0.25) is 5.13 Å². The van der Waals surface area contributed by atoms with Crippen molar-refractivity contribution in [3.63, 3.8) is 0 Å². The minimum atomic E-state index is 0.583. The van der Waals surface area contributed by atoms with Crippen LogP contribution in [0.5, 0.6) is 0 Å². The second-order valence-electron chi connectivity index (χ2n) is 7.12. The van der Waals surface area contributed by atoms with Gasteiger partial charge >= 0.3 is 0 Å². The van der Waals surface area contributed by atoms with Crippen molar-refractivity contribution in [1.82, 2.24) is 20.2 Å². The van der Waals surface area contributed by atoms with Crippen LogP contribution in [-0.4, -0.2) is 45.3 Å². The highest BCUT2D eigenvalue weighted by molar-refractivity contribution is 7.15. The van der Waals surface area contributed by atoms with E-state index in [2.05, 4.69) is 36.0 Å². The molecule has 6 nitrogen and oxygen atoms in total. The molecule has 0 spiro atoms. The van der Waals surface area contributed by atoms with Gasteiger partial charge in [-0.2, -0.15) is 0 Å². The molecule has 0 amide bonds. The Balaban J connectivity index is 1.26. The minimum Gasteiger partial charge on any atom is -0.350 e. The smallest absolute Gasteiger partial charge is 0.208 e. The predicted molar refractivity (Wildman–Crippen MR) is 94.7 cm³/mol. The van der Waals surface area contributed by atoms with Crippen LogP contribution in [0.25, 0.3) is 0 Å². The molecule has 24 heavy (non-hydrogen) atoms. The van der Waals surface area contributed by atoms with Crippen LogP contribution in [0, 0.1) is 0 Å². The number of hydrogen-bond acceptors (Lipinski definition) is 7. The molecule has 3 aliphatic rings. The summed E-state index contributed by atoms with van der Waals surface area (Å²) >= 11 is 1.80. The van der Waals surface area contributed by atoms with Crippen LogP contribution in [0.2, 0.25) is 0 Å². The number of hydrogen-bond donors (Lipinski definition) is 0. The van der Waals surface area contributed by atoms with Gasteiger partial charge in [0.05, 0.1) is 0 Å². The Morgan fingerprint density at radius 1 is 1.00 bits per heavy atom. The fourth-order valence-corrected chi connectivity index (χ4v) is 4.71. The Labute approximate surface area is 145 Å². The molecule has 0 bridgehead atoms. The third kappa shape index (κ3) is 2.85. The van der Waals surface area contributed by atoms with Crippen molar-refractivity contribution >= 4 is 22.3 Å². The normalized spacial score (nSPS) is 21.9. The van der Waals surface area contributed by atoms with E-state index in [4.69, 9.17) is 0 Å². The van der Waals surface area contributed by atoms with E-state index in [1.165, 1.54) is 43.5 Å². The highest BCUT2D eigenvalue weighted by Crippen LogP contribution is 2.43. The van der Waals surface area contributed by atoms with Crippen molar-refractivity contribution in [2.45, 2.75) is 56.5 Å². The van der Waals surface area contributed by atoms with Gasteiger partial charge in [-0.1, -0.05) is 11.3 Å². The third-order valence-electron chi connectivity index (χ3n) is 5.26. The number of rotatable bonds is 5. The second-order valence-corrected chi connectivity index (χ2v) is 8.11. The number of anilines is 2. The molecule has 1 saturated heterocycles. The molecule has 2 aromatic heterocycles. The minimum absolute atomic E-state index is 0.583. The lowest BCUT2D eigenvalue weighted by Gasteiger charge is -2.39. The lowest BCUT2D eigenvalue weighted by molar-refractivity contribution is 0.458. The highest BCUT2D eigenvalue weighted by Gasteiger charge is 2.37. The van der Waals surface area contributed by atoms with Crippen LogP contribution in [0.1, 0.15) is 49.5 Å². The average molecular weight is 342 g/mol. The molecule has 0 N–H and O–H groups in total. The molecule has 0 aromatic carbocycles. The first kappa shape index (κ1) is 14.6. The molecule has 2 aromatic rings. The summed E-state index contributed by atoms with van der Waals surface area (Å²) in [5.41, 5.74) is 0. The van der Waals surface area contributed by atoms with Crippen molar-refractivity contribution in [3.05, 3.63) is 23.6 Å². The van der Waals surface area contributed by atoms with E-state index < -0.39 is 0 Å². The Hall–Kier alpha value is -1.76. The van der Waals surface area contributed by atoms with Gasteiger partial charge in [0.15, 0.2) is 0 Å². The standard InChI is InChI=1S/C17H22N6S/c1-2-12(1)16-20-21-17(24-16)22-9-6-14(7-10-22)23(13-3-4-13)15-5-8-18-11-19-15/h5,8,11-14H,1-4,6-7,9-10H2. The Morgan fingerprint density at radius 2 is 1.79 bits per heavy atom. The number of piperidine rings is 1. The van der Waals surface area contributed by atoms with E-state index in [9.17, 15) is 0 Å². The molecule has 0 radical (unpaired) electrons. The third-order valence-corrected chi connectivity index (χ3v) is 6.40. The summed E-state index contributed by atoms with van der Waals surface area (Å²) in [6, 6.07) is 3.32. The van der Waals surface area contributed by atoms with Crippen molar-refractivity contribution in [2.24, 2.45) is 0 Å². The summed E-state index contributed by atoms with van der Waals surface area (Å²) in [7, 11) is 0. The quantitative estimate of drug-likeness (QED) is 0.833. The van der Waals surface area contributed by atoms with E-state index >= 15 is 0 Å². The van der Waals surface area contributed by atoms with Gasteiger partial charge in [-0.05, 0) is 44.6 Å². The van der Waals surface area contributed by atoms with Crippen LogP contribution < -0.4 is 9.80 Å². The van der Waals surface area contributed by atoms with Gasteiger partial charge in [-0.15, -0.1) is 10.2 Å². The Morgan fingerprint density at radius 3 is 2.46 bits per heavy atom. The summed E-state index contributed by atoms with van der Waals surface area (Å²) in [5.74, 6) is 1.80. The molecule has 3 fully saturated rings. The average Bonchev–Trinajstić information content (AvgIpc) is 3.57. The zero-order chi connectivity index (χ0) is 15.9. The fraction of sp³-hybridized carbons (Fsp3) is 0.647. The molecule has 2 saturated carbocycles. The van der Waals surface area contributed by atoms with Crippen LogP contribution in [0.4, 0.5) is 10.9 Å². The number of nitrogens with zero attached hydrogens (tertiary/aromatic N) is 6. The van der Waals surface area contributed by atoms with Crippen LogP contribution in [0.3, 0.4) is 0 Å². The predicted octanol–water partition coefficient (Wildman–Crippen LogP) is 2.84. The van der Waals surface area contributed by atoms with Crippen molar-refractivity contribution in [2.75, 3.05) is 22.9 Å². The molecule has 3 heterocycles. The summed E-state index contributed by atoms with van der Waals surface area (Å²) in [4.78, 5) is 13.5. The SMILES string of the molecule is c1cc(N(C2CC2)C2CCN(c3nnc(C4CC4)s3)CC2)ncn1. The fourth-order valence-electron chi connectivity index (χ4n) is 3.65. The van der Waals surface area contributed by atoms with Gasteiger partial charge in [-0.25, -0.2) is 9.97 Å². The van der Waals surface area contributed by atoms with Gasteiger partial charge in [0.1, 0.15) is 17.2 Å². The summed E-state index contributed by atoms with van der Waals surface area (Å²) in [6.45, 7) is 2.14. The second kappa shape index (κ2) is 5.95. The topological polar surface area (TPSA) is 58.0 Å². The maximum Gasteiger partial charge on any atom is 0.208 e. The zero-order valence-corrected chi connectivity index (χ0v) is 14.5. The molecule has 0 unspecified atom stereocenters. The first-order chi connectivity index (χ1) is 11.9. The van der Waals surface area contributed by atoms with Crippen molar-refractivity contribution in [1.29, 1.82) is 0 Å². The Kier molecular flexibility index (Phi) is 3.61. The maximum absolute atomic E-state index is 4.50. The van der Waals surface area contributed by atoms with E-state index in [0.717, 1.165) is 24.0 Å². The lowest BCUT2D eigenvalue weighted by Crippen LogP contribution is -2.46. The summed E-state index contributed by atoms with van der Waals surface area (Å²) < 4.78 is 0. The highest BCUT2D eigenvalue weighted by atomic mass is 32.1. The van der Waals surface area contributed by atoms with E-state index in [0.29, 0.717) is 18.0 Å². The van der Waals surface area contributed by atoms with Gasteiger partial charge in [0.25, 0.3) is 0 Å². The molecule has 1 aliphatic heterocycles. The molecule has 2 aliphatic carbocycles. The number of aromatic nitrogens is 4. The van der Waals surface area contributed by atoms with E-state index in [1.54, 1.807) is 17.7 Å². The van der Waals surface area contributed by atoms with Crippen LogP contribution >= 0.6 is 11.3 Å².